The van der Waals surface area contributed by atoms with Crippen molar-refractivity contribution in [3.8, 4) is 61.6 Å². The fourth-order valence-electron chi connectivity index (χ4n) is 11.0. The molecule has 3 heterocycles. The molecule has 3 nitrogen and oxygen atoms in total. The molecule has 0 amide bonds. The first-order chi connectivity index (χ1) is 31.3. The highest BCUT2D eigenvalue weighted by Crippen LogP contribution is 2.51. The van der Waals surface area contributed by atoms with E-state index >= 15 is 0 Å². The lowest BCUT2D eigenvalue weighted by Crippen LogP contribution is -2.04. The van der Waals surface area contributed by atoms with Crippen LogP contribution in [0, 0.1) is 0 Å². The summed E-state index contributed by atoms with van der Waals surface area (Å²) < 4.78 is 7.38. The molecule has 1 aliphatic rings. The van der Waals surface area contributed by atoms with Gasteiger partial charge in [0.1, 0.15) is 0 Å². The van der Waals surface area contributed by atoms with Crippen LogP contribution in [-0.2, 0) is 0 Å². The van der Waals surface area contributed by atoms with Crippen LogP contribution in [0.1, 0.15) is 0 Å². The zero-order valence-corrected chi connectivity index (χ0v) is 34.2. The molecule has 0 aliphatic heterocycles. The molecule has 0 atom stereocenters. The Balaban J connectivity index is 1.07. The Morgan fingerprint density at radius 1 is 0.206 bits per heavy atom. The Hall–Kier alpha value is -8.40. The van der Waals surface area contributed by atoms with Gasteiger partial charge in [-0.15, -0.1) is 0 Å². The Labute approximate surface area is 363 Å². The predicted octanol–water partition coefficient (Wildman–Crippen LogP) is 16.0. The number of para-hydroxylation sites is 5. The molecule has 0 N–H and O–H groups in total. The SMILES string of the molecule is c1ccc2c(c1)-c1ccc(-n3c4ccccc4c4ccccc43)cc1-c1cccc(-n3c4ccccc4c4cc(-n5c6ccccc6c6ccccc65)ccc43)c1-c1ccccc1-2. The molecule has 0 radical (unpaired) electrons. The smallest absolute Gasteiger partial charge is 0.0547 e. The normalized spacial score (nSPS) is 12.1. The summed E-state index contributed by atoms with van der Waals surface area (Å²) in [6, 6.07) is 83.0. The van der Waals surface area contributed by atoms with Gasteiger partial charge in [-0.1, -0.05) is 158 Å². The number of hydrogen-bond donors (Lipinski definition) is 0. The summed E-state index contributed by atoms with van der Waals surface area (Å²) in [4.78, 5) is 0. The van der Waals surface area contributed by atoms with E-state index in [1.54, 1.807) is 0 Å². The van der Waals surface area contributed by atoms with E-state index in [1.165, 1.54) is 110 Å². The van der Waals surface area contributed by atoms with Crippen LogP contribution >= 0.6 is 0 Å². The molecule has 0 saturated heterocycles. The van der Waals surface area contributed by atoms with E-state index in [1.807, 2.05) is 0 Å². The fourth-order valence-corrected chi connectivity index (χ4v) is 11.0. The lowest BCUT2D eigenvalue weighted by molar-refractivity contribution is 1.16. The Bertz CT molecular complexity index is 3930. The summed E-state index contributed by atoms with van der Waals surface area (Å²) in [6.07, 6.45) is 0. The average molecular weight is 800 g/mol. The number of hydrogen-bond acceptors (Lipinski definition) is 0. The maximum atomic E-state index is 2.51. The van der Waals surface area contributed by atoms with Crippen LogP contribution in [-0.4, -0.2) is 13.7 Å². The summed E-state index contributed by atoms with van der Waals surface area (Å²) in [6.45, 7) is 0. The third kappa shape index (κ3) is 4.79. The second-order valence-corrected chi connectivity index (χ2v) is 16.8. The third-order valence-electron chi connectivity index (χ3n) is 13.6. The molecule has 14 rings (SSSR count). The Morgan fingerprint density at radius 2 is 0.571 bits per heavy atom. The van der Waals surface area contributed by atoms with Gasteiger partial charge in [-0.2, -0.15) is 0 Å². The quantitative estimate of drug-likeness (QED) is 0.169. The molecule has 0 saturated carbocycles. The van der Waals surface area contributed by atoms with Crippen LogP contribution in [0.3, 0.4) is 0 Å². The van der Waals surface area contributed by atoms with Crippen LogP contribution < -0.4 is 0 Å². The van der Waals surface area contributed by atoms with Gasteiger partial charge in [0.2, 0.25) is 0 Å². The van der Waals surface area contributed by atoms with Crippen LogP contribution in [0.5, 0.6) is 0 Å². The molecule has 0 spiro atoms. The number of rotatable bonds is 3. The van der Waals surface area contributed by atoms with E-state index in [0.29, 0.717) is 0 Å². The number of nitrogens with zero attached hydrogens (tertiary/aromatic N) is 3. The van der Waals surface area contributed by atoms with Gasteiger partial charge in [0.25, 0.3) is 0 Å². The van der Waals surface area contributed by atoms with E-state index in [0.717, 1.165) is 17.1 Å². The van der Waals surface area contributed by atoms with Crippen LogP contribution in [0.2, 0.25) is 0 Å². The van der Waals surface area contributed by atoms with Crippen molar-refractivity contribution >= 4 is 65.4 Å². The summed E-state index contributed by atoms with van der Waals surface area (Å²) in [5.41, 5.74) is 20.4. The minimum Gasteiger partial charge on any atom is -0.309 e. The van der Waals surface area contributed by atoms with Crippen molar-refractivity contribution in [3.63, 3.8) is 0 Å². The largest absolute Gasteiger partial charge is 0.309 e. The summed E-state index contributed by atoms with van der Waals surface area (Å²) >= 11 is 0. The molecular weight excluding hydrogens is 763 g/mol. The van der Waals surface area contributed by atoms with Gasteiger partial charge < -0.3 is 13.7 Å². The molecular formula is C60H37N3. The first-order valence-corrected chi connectivity index (χ1v) is 21.8. The van der Waals surface area contributed by atoms with Crippen molar-refractivity contribution in [2.75, 3.05) is 0 Å². The Morgan fingerprint density at radius 3 is 1.11 bits per heavy atom. The van der Waals surface area contributed by atoms with Crippen LogP contribution in [0.15, 0.2) is 224 Å². The minimum absolute atomic E-state index is 1.14. The predicted molar refractivity (Wildman–Crippen MR) is 265 cm³/mol. The highest BCUT2D eigenvalue weighted by atomic mass is 15.0. The molecule has 0 unspecified atom stereocenters. The van der Waals surface area contributed by atoms with E-state index < -0.39 is 0 Å². The van der Waals surface area contributed by atoms with Gasteiger partial charge in [0.15, 0.2) is 0 Å². The highest BCUT2D eigenvalue weighted by Gasteiger charge is 2.27. The van der Waals surface area contributed by atoms with Gasteiger partial charge in [-0.3, -0.25) is 0 Å². The number of benzene rings is 10. The van der Waals surface area contributed by atoms with E-state index in [2.05, 4.69) is 238 Å². The van der Waals surface area contributed by atoms with Gasteiger partial charge >= 0.3 is 0 Å². The van der Waals surface area contributed by atoms with Gasteiger partial charge in [-0.25, -0.2) is 0 Å². The average Bonchev–Trinajstić information content (AvgIpc) is 3.99. The number of aromatic nitrogens is 3. The molecule has 3 aromatic heterocycles. The van der Waals surface area contributed by atoms with Crippen molar-refractivity contribution in [1.82, 2.24) is 13.7 Å². The Kier molecular flexibility index (Phi) is 7.11. The van der Waals surface area contributed by atoms with Crippen molar-refractivity contribution in [1.29, 1.82) is 0 Å². The van der Waals surface area contributed by atoms with E-state index in [4.69, 9.17) is 0 Å². The topological polar surface area (TPSA) is 14.8 Å². The monoisotopic (exact) mass is 799 g/mol. The minimum atomic E-state index is 1.14. The van der Waals surface area contributed by atoms with E-state index in [-0.39, 0.29) is 0 Å². The molecule has 1 aliphatic carbocycles. The molecule has 13 aromatic rings. The highest BCUT2D eigenvalue weighted by molar-refractivity contribution is 6.14. The second kappa shape index (κ2) is 13.1. The standard InChI is InChI=1S/C60H37N3/c1-2-17-41-40(16-1)42-18-3-4-24-49(42)60-50(51-36-38(32-34-43(41)51)61-53-26-10-5-19-44(53)45-20-6-11-27-54(45)61)25-15-31-59(60)63-57-30-14-9-23-48(57)52-37-39(33-35-58(52)63)62-55-28-12-7-21-46(55)47-22-8-13-29-56(47)62/h1-37H. The van der Waals surface area contributed by atoms with Gasteiger partial charge in [-0.05, 0) is 106 Å². The second-order valence-electron chi connectivity index (χ2n) is 16.8. The van der Waals surface area contributed by atoms with Crippen LogP contribution in [0.25, 0.3) is 127 Å². The first kappa shape index (κ1) is 34.3. The lowest BCUT2D eigenvalue weighted by atomic mass is 9.80. The van der Waals surface area contributed by atoms with Gasteiger partial charge in [0, 0.05) is 49.3 Å². The lowest BCUT2D eigenvalue weighted by Gasteiger charge is -2.26. The maximum absolute atomic E-state index is 2.51. The zero-order chi connectivity index (χ0) is 41.2. The molecule has 3 heteroatoms. The summed E-state index contributed by atoms with van der Waals surface area (Å²) in [5, 5.41) is 7.50. The van der Waals surface area contributed by atoms with E-state index in [9.17, 15) is 0 Å². The fraction of sp³-hybridized carbons (Fsp3) is 0. The van der Waals surface area contributed by atoms with Crippen molar-refractivity contribution in [2.24, 2.45) is 0 Å². The molecule has 63 heavy (non-hydrogen) atoms. The molecule has 0 fully saturated rings. The molecule has 10 aromatic carbocycles. The van der Waals surface area contributed by atoms with Crippen molar-refractivity contribution in [3.05, 3.63) is 224 Å². The molecule has 0 bridgehead atoms. The zero-order valence-electron chi connectivity index (χ0n) is 34.2. The number of fused-ring (bicyclic) bond motifs is 17. The molecule has 292 valence electrons. The van der Waals surface area contributed by atoms with Crippen LogP contribution in [0.4, 0.5) is 0 Å². The maximum Gasteiger partial charge on any atom is 0.0547 e. The first-order valence-electron chi connectivity index (χ1n) is 21.8. The summed E-state index contributed by atoms with van der Waals surface area (Å²) in [5.74, 6) is 0. The van der Waals surface area contributed by atoms with Gasteiger partial charge in [0.05, 0.1) is 38.8 Å². The van der Waals surface area contributed by atoms with Crippen molar-refractivity contribution < 1.29 is 0 Å². The van der Waals surface area contributed by atoms with Crippen molar-refractivity contribution in [2.45, 2.75) is 0 Å². The third-order valence-corrected chi connectivity index (χ3v) is 13.6. The summed E-state index contributed by atoms with van der Waals surface area (Å²) in [7, 11) is 0.